The molecular formula is C27H24N2O5S2. The summed E-state index contributed by atoms with van der Waals surface area (Å²) in [4.78, 5) is 11.6. The molecular weight excluding hydrogens is 496 g/mol. The predicted molar refractivity (Wildman–Crippen MR) is 141 cm³/mol. The molecule has 0 aromatic heterocycles. The number of hydrogen-bond donors (Lipinski definition) is 1. The summed E-state index contributed by atoms with van der Waals surface area (Å²) in [5.74, 6) is -0.478. The zero-order valence-electron chi connectivity index (χ0n) is 19.6. The van der Waals surface area contributed by atoms with Gasteiger partial charge in [0, 0.05) is 6.92 Å². The lowest BCUT2D eigenvalue weighted by Crippen LogP contribution is -2.37. The Balaban J connectivity index is 2.04. The molecule has 4 aromatic rings. The van der Waals surface area contributed by atoms with E-state index in [4.69, 9.17) is 0 Å². The number of benzene rings is 4. The molecule has 0 unspecified atom stereocenters. The third-order valence-electron chi connectivity index (χ3n) is 5.41. The van der Waals surface area contributed by atoms with E-state index in [0.29, 0.717) is 9.27 Å². The van der Waals surface area contributed by atoms with E-state index in [-0.39, 0.29) is 21.2 Å². The number of carbonyl (C=O) groups is 1. The lowest BCUT2D eigenvalue weighted by Gasteiger charge is -2.26. The van der Waals surface area contributed by atoms with Crippen molar-refractivity contribution in [2.45, 2.75) is 23.6 Å². The number of aryl methyl sites for hydroxylation is 1. The van der Waals surface area contributed by atoms with Gasteiger partial charge >= 0.3 is 0 Å². The number of nitrogens with zero attached hydrogens (tertiary/aromatic N) is 1. The Bertz CT molecular complexity index is 1530. The van der Waals surface area contributed by atoms with Crippen molar-refractivity contribution in [3.05, 3.63) is 109 Å². The second kappa shape index (κ2) is 9.96. The molecule has 4 aromatic carbocycles. The first-order valence-electron chi connectivity index (χ1n) is 11.0. The Labute approximate surface area is 211 Å². The van der Waals surface area contributed by atoms with Crippen molar-refractivity contribution in [2.24, 2.45) is 0 Å². The van der Waals surface area contributed by atoms with Gasteiger partial charge in [0.05, 0.1) is 21.2 Å². The van der Waals surface area contributed by atoms with E-state index < -0.39 is 26.0 Å². The molecule has 0 fully saturated rings. The van der Waals surface area contributed by atoms with Crippen molar-refractivity contribution >= 4 is 37.3 Å². The van der Waals surface area contributed by atoms with Gasteiger partial charge in [-0.05, 0) is 54.4 Å². The molecule has 7 nitrogen and oxygen atoms in total. The monoisotopic (exact) mass is 520 g/mol. The maximum Gasteiger partial charge on any atom is 0.277 e. The van der Waals surface area contributed by atoms with Crippen molar-refractivity contribution in [1.82, 2.24) is 0 Å². The number of hydrogen-bond acceptors (Lipinski definition) is 5. The van der Waals surface area contributed by atoms with Crippen LogP contribution in [0.1, 0.15) is 12.5 Å². The number of rotatable bonds is 7. The van der Waals surface area contributed by atoms with Crippen molar-refractivity contribution in [1.29, 1.82) is 0 Å². The van der Waals surface area contributed by atoms with Crippen LogP contribution in [0.5, 0.6) is 0 Å². The Hall–Kier alpha value is -3.95. The number of nitrogens with one attached hydrogen (secondary N) is 1. The third kappa shape index (κ3) is 5.02. The zero-order valence-corrected chi connectivity index (χ0v) is 21.3. The molecule has 4 rings (SSSR count). The average molecular weight is 521 g/mol. The summed E-state index contributed by atoms with van der Waals surface area (Å²) in [6.45, 7) is 3.20. The fraction of sp³-hybridized carbons (Fsp3) is 0.0741. The first-order chi connectivity index (χ1) is 17.1. The maximum atomic E-state index is 13.9. The van der Waals surface area contributed by atoms with Crippen LogP contribution in [-0.4, -0.2) is 22.7 Å². The molecule has 1 amide bonds. The number of amides is 1. The van der Waals surface area contributed by atoms with Gasteiger partial charge in [0.15, 0.2) is 0 Å². The summed E-state index contributed by atoms with van der Waals surface area (Å²) < 4.78 is 56.1. The Kier molecular flexibility index (Phi) is 6.96. The molecule has 184 valence electrons. The molecule has 0 spiro atoms. The van der Waals surface area contributed by atoms with Gasteiger partial charge < -0.3 is 5.32 Å². The van der Waals surface area contributed by atoms with Crippen LogP contribution in [0.2, 0.25) is 0 Å². The SMILES string of the molecule is CC(=O)Nc1ccc(-c2ccc(C)cc2)cc1N(S(=O)(=O)c1ccccc1)S(=O)(=O)c1ccccc1. The lowest BCUT2D eigenvalue weighted by molar-refractivity contribution is -0.114. The zero-order chi connectivity index (χ0) is 25.9. The molecule has 0 radical (unpaired) electrons. The fourth-order valence-corrected chi connectivity index (χ4v) is 7.42. The summed E-state index contributed by atoms with van der Waals surface area (Å²) in [7, 11) is -9.26. The second-order valence-electron chi connectivity index (χ2n) is 8.11. The summed E-state index contributed by atoms with van der Waals surface area (Å²) >= 11 is 0. The highest BCUT2D eigenvalue weighted by atomic mass is 32.3. The van der Waals surface area contributed by atoms with Crippen molar-refractivity contribution < 1.29 is 21.6 Å². The number of carbonyl (C=O) groups excluding carboxylic acids is 1. The molecule has 36 heavy (non-hydrogen) atoms. The van der Waals surface area contributed by atoms with Crippen molar-refractivity contribution in [2.75, 3.05) is 9.03 Å². The normalized spacial score (nSPS) is 11.6. The molecule has 0 atom stereocenters. The fourth-order valence-electron chi connectivity index (χ4n) is 3.67. The van der Waals surface area contributed by atoms with Gasteiger partial charge in [-0.3, -0.25) is 4.79 Å². The molecule has 0 saturated heterocycles. The van der Waals surface area contributed by atoms with Gasteiger partial charge in [-0.1, -0.05) is 72.3 Å². The minimum absolute atomic E-state index is 0.0392. The van der Waals surface area contributed by atoms with E-state index in [1.165, 1.54) is 67.6 Å². The van der Waals surface area contributed by atoms with Crippen molar-refractivity contribution in [3.63, 3.8) is 0 Å². The summed E-state index contributed by atoms with van der Waals surface area (Å²) in [6.07, 6.45) is 0. The quantitative estimate of drug-likeness (QED) is 0.361. The van der Waals surface area contributed by atoms with Gasteiger partial charge in [-0.2, -0.15) is 3.71 Å². The van der Waals surface area contributed by atoms with Gasteiger partial charge in [0.2, 0.25) is 5.91 Å². The van der Waals surface area contributed by atoms with Gasteiger partial charge in [0.1, 0.15) is 0 Å². The lowest BCUT2D eigenvalue weighted by atomic mass is 10.0. The van der Waals surface area contributed by atoms with Crippen LogP contribution >= 0.6 is 0 Å². The van der Waals surface area contributed by atoms with E-state index in [1.807, 2.05) is 31.2 Å². The minimum atomic E-state index is -4.63. The van der Waals surface area contributed by atoms with Crippen LogP contribution < -0.4 is 9.03 Å². The molecule has 0 bridgehead atoms. The van der Waals surface area contributed by atoms with Gasteiger partial charge in [-0.25, -0.2) is 16.8 Å². The van der Waals surface area contributed by atoms with E-state index in [9.17, 15) is 21.6 Å². The number of sulfonamides is 2. The highest BCUT2D eigenvalue weighted by Gasteiger charge is 2.38. The predicted octanol–water partition coefficient (Wildman–Crippen LogP) is 5.20. The first-order valence-corrected chi connectivity index (χ1v) is 13.9. The van der Waals surface area contributed by atoms with E-state index in [2.05, 4.69) is 5.32 Å². The molecule has 0 saturated carbocycles. The average Bonchev–Trinajstić information content (AvgIpc) is 2.86. The molecule has 0 aliphatic carbocycles. The topological polar surface area (TPSA) is 101 Å². The summed E-state index contributed by atoms with van der Waals surface area (Å²) in [6, 6.07) is 26.8. The van der Waals surface area contributed by atoms with Crippen LogP contribution in [0, 0.1) is 6.92 Å². The third-order valence-corrected chi connectivity index (χ3v) is 9.59. The van der Waals surface area contributed by atoms with E-state index in [1.54, 1.807) is 18.2 Å². The standard InChI is InChI=1S/C27H24N2O5S2/c1-20-13-15-22(16-14-20)23-17-18-26(28-21(2)30)27(19-23)29(35(31,32)24-9-5-3-6-10-24)36(33,34)25-11-7-4-8-12-25/h3-19H,1-2H3,(H,28,30). The molecule has 1 N–H and O–H groups in total. The Morgan fingerprint density at radius 1 is 0.667 bits per heavy atom. The molecule has 0 heterocycles. The molecule has 0 aliphatic rings. The molecule has 9 heteroatoms. The van der Waals surface area contributed by atoms with Gasteiger partial charge in [-0.15, -0.1) is 0 Å². The highest BCUT2D eigenvalue weighted by molar-refractivity contribution is 8.10. The van der Waals surface area contributed by atoms with Crippen molar-refractivity contribution in [3.8, 4) is 11.1 Å². The second-order valence-corrected chi connectivity index (χ2v) is 11.9. The molecule has 0 aliphatic heterocycles. The first kappa shape index (κ1) is 25.2. The Morgan fingerprint density at radius 3 is 1.61 bits per heavy atom. The smallest absolute Gasteiger partial charge is 0.277 e. The van der Waals surface area contributed by atoms with Gasteiger partial charge in [0.25, 0.3) is 20.0 Å². The van der Waals surface area contributed by atoms with Crippen LogP contribution in [0.3, 0.4) is 0 Å². The van der Waals surface area contributed by atoms with E-state index in [0.717, 1.165) is 11.1 Å². The Morgan fingerprint density at radius 2 is 1.14 bits per heavy atom. The maximum absolute atomic E-state index is 13.9. The van der Waals surface area contributed by atoms with Crippen LogP contribution in [0.15, 0.2) is 113 Å². The van der Waals surface area contributed by atoms with Crippen LogP contribution in [0.25, 0.3) is 11.1 Å². The largest absolute Gasteiger partial charge is 0.324 e. The highest BCUT2D eigenvalue weighted by Crippen LogP contribution is 2.38. The minimum Gasteiger partial charge on any atom is -0.324 e. The number of anilines is 2. The summed E-state index contributed by atoms with van der Waals surface area (Å²) in [5.41, 5.74) is 2.21. The summed E-state index contributed by atoms with van der Waals surface area (Å²) in [5, 5.41) is 2.58. The van der Waals surface area contributed by atoms with Crippen LogP contribution in [0.4, 0.5) is 11.4 Å². The van der Waals surface area contributed by atoms with Crippen LogP contribution in [-0.2, 0) is 24.8 Å². The van der Waals surface area contributed by atoms with E-state index >= 15 is 0 Å².